The number of hydrogen-bond acceptors (Lipinski definition) is 15. The average molecular weight is 598 g/mol. The van der Waals surface area contributed by atoms with Crippen molar-refractivity contribution in [2.75, 3.05) is 18.9 Å². The molecule has 2 saturated heterocycles. The minimum atomic E-state index is -5.29. The van der Waals surface area contributed by atoms with E-state index in [1.165, 1.54) is 24.7 Å². The molecule has 39 heavy (non-hydrogen) atoms. The molecule has 0 spiro atoms. The first-order chi connectivity index (χ1) is 18.2. The monoisotopic (exact) mass is 598 g/mol. The summed E-state index contributed by atoms with van der Waals surface area (Å²) in [5.41, 5.74) is 6.13. The van der Waals surface area contributed by atoms with Crippen molar-refractivity contribution < 1.29 is 61.9 Å². The van der Waals surface area contributed by atoms with Gasteiger partial charge in [-0.15, -0.1) is 0 Å². The van der Waals surface area contributed by atoms with E-state index in [1.807, 2.05) is 0 Å². The fourth-order valence-electron chi connectivity index (χ4n) is 4.17. The van der Waals surface area contributed by atoms with Crippen LogP contribution in [0.2, 0.25) is 0 Å². The molecule has 2 aromatic rings. The van der Waals surface area contributed by atoms with Gasteiger partial charge in [0.1, 0.15) is 42.4 Å². The fourth-order valence-corrected chi connectivity index (χ4v) is 6.27. The Morgan fingerprint density at radius 3 is 2.33 bits per heavy atom. The SMILES string of the molecule is CC(=O)N[C@@H]1C(O)C(C)O[C@@H]1COP(=O)(O)OP(=O)(O)OC[C@H]1O[C@@H](n2cnc3c(N)ncnc32)C(O)C1O. The van der Waals surface area contributed by atoms with Crippen LogP contribution < -0.4 is 11.1 Å². The predicted octanol–water partition coefficient (Wildman–Crippen LogP) is -2.07. The van der Waals surface area contributed by atoms with Crippen molar-refractivity contribution in [3.05, 3.63) is 12.7 Å². The first-order valence-corrected chi connectivity index (χ1v) is 14.4. The van der Waals surface area contributed by atoms with E-state index in [4.69, 9.17) is 24.3 Å². The van der Waals surface area contributed by atoms with Crippen LogP contribution in [-0.4, -0.2) is 106 Å². The number of rotatable bonds is 10. The molecule has 6 unspecified atom stereocenters. The van der Waals surface area contributed by atoms with Crippen LogP contribution in [0.1, 0.15) is 20.1 Å². The molecule has 1 amide bonds. The number of hydrogen-bond donors (Lipinski definition) is 7. The summed E-state index contributed by atoms with van der Waals surface area (Å²) >= 11 is 0. The summed E-state index contributed by atoms with van der Waals surface area (Å²) in [4.78, 5) is 43.1. The number of nitrogen functional groups attached to an aromatic ring is 1. The largest absolute Gasteiger partial charge is 0.481 e. The maximum atomic E-state index is 12.3. The van der Waals surface area contributed by atoms with Crippen LogP contribution in [0.3, 0.4) is 0 Å². The van der Waals surface area contributed by atoms with Gasteiger partial charge in [0.25, 0.3) is 0 Å². The van der Waals surface area contributed by atoms with E-state index >= 15 is 0 Å². The summed E-state index contributed by atoms with van der Waals surface area (Å²) in [5.74, 6) is -0.433. The van der Waals surface area contributed by atoms with E-state index < -0.39 is 83.7 Å². The molecule has 10 atom stereocenters. The van der Waals surface area contributed by atoms with E-state index in [9.17, 15) is 39.0 Å². The van der Waals surface area contributed by atoms with Crippen molar-refractivity contribution >= 4 is 38.5 Å². The normalized spacial score (nSPS) is 34.1. The lowest BCUT2D eigenvalue weighted by atomic mass is 10.1. The fraction of sp³-hybridized carbons (Fsp3) is 0.667. The van der Waals surface area contributed by atoms with Crippen molar-refractivity contribution in [1.82, 2.24) is 24.8 Å². The van der Waals surface area contributed by atoms with Crippen molar-refractivity contribution in [1.29, 1.82) is 0 Å². The maximum Gasteiger partial charge on any atom is 0.481 e. The van der Waals surface area contributed by atoms with Gasteiger partial charge >= 0.3 is 15.6 Å². The molecule has 0 radical (unpaired) electrons. The zero-order chi connectivity index (χ0) is 28.7. The van der Waals surface area contributed by atoms with Crippen molar-refractivity contribution in [3.63, 3.8) is 0 Å². The first-order valence-electron chi connectivity index (χ1n) is 11.4. The van der Waals surface area contributed by atoms with Crippen LogP contribution in [-0.2, 0) is 36.8 Å². The number of fused-ring (bicyclic) bond motifs is 1. The highest BCUT2D eigenvalue weighted by atomic mass is 31.3. The van der Waals surface area contributed by atoms with Crippen molar-refractivity contribution in [3.8, 4) is 0 Å². The van der Waals surface area contributed by atoms with Gasteiger partial charge < -0.3 is 45.6 Å². The number of amides is 1. The van der Waals surface area contributed by atoms with E-state index in [2.05, 4.69) is 24.6 Å². The number of nitrogens with one attached hydrogen (secondary N) is 1. The third-order valence-corrected chi connectivity index (χ3v) is 8.62. The van der Waals surface area contributed by atoms with Crippen LogP contribution in [0.15, 0.2) is 12.7 Å². The van der Waals surface area contributed by atoms with E-state index in [1.54, 1.807) is 0 Å². The number of anilines is 1. The van der Waals surface area contributed by atoms with E-state index in [0.717, 1.165) is 6.33 Å². The Balaban J connectivity index is 1.34. The molecule has 0 bridgehead atoms. The van der Waals surface area contributed by atoms with Crippen molar-refractivity contribution in [2.45, 2.75) is 62.7 Å². The minimum absolute atomic E-state index is 0.0662. The third-order valence-electron chi connectivity index (χ3n) is 6.02. The van der Waals surface area contributed by atoms with Crippen LogP contribution in [0.25, 0.3) is 11.2 Å². The number of aliphatic hydroxyl groups excluding tert-OH is 3. The zero-order valence-corrected chi connectivity index (χ0v) is 22.2. The Bertz CT molecular complexity index is 1300. The van der Waals surface area contributed by atoms with Gasteiger partial charge in [0.15, 0.2) is 17.7 Å². The second-order valence-electron chi connectivity index (χ2n) is 8.84. The highest BCUT2D eigenvalue weighted by Gasteiger charge is 2.47. The molecule has 19 nitrogen and oxygen atoms in total. The van der Waals surface area contributed by atoms with Gasteiger partial charge in [-0.2, -0.15) is 4.31 Å². The quantitative estimate of drug-likeness (QED) is 0.145. The molecule has 2 aromatic heterocycles. The molecule has 0 aromatic carbocycles. The zero-order valence-electron chi connectivity index (χ0n) is 20.5. The summed E-state index contributed by atoms with van der Waals surface area (Å²) < 4.78 is 50.5. The number of imidazole rings is 1. The molecule has 2 aliphatic rings. The van der Waals surface area contributed by atoms with Crippen LogP contribution in [0, 0.1) is 0 Å². The number of nitrogens with two attached hydrogens (primary N) is 1. The Morgan fingerprint density at radius 2 is 1.69 bits per heavy atom. The highest BCUT2D eigenvalue weighted by molar-refractivity contribution is 7.61. The summed E-state index contributed by atoms with van der Waals surface area (Å²) in [7, 11) is -10.5. The number of phosphoric ester groups is 2. The van der Waals surface area contributed by atoms with Gasteiger partial charge in [-0.1, -0.05) is 0 Å². The molecular formula is C18H28N6O13P2. The predicted molar refractivity (Wildman–Crippen MR) is 126 cm³/mol. The smallest absolute Gasteiger partial charge is 0.388 e. The summed E-state index contributed by atoms with van der Waals surface area (Å²) in [6.45, 7) is 1.14. The Morgan fingerprint density at radius 1 is 1.05 bits per heavy atom. The van der Waals surface area contributed by atoms with Gasteiger partial charge in [-0.05, 0) is 6.92 Å². The average Bonchev–Trinajstić information content (AvgIpc) is 3.47. The standard InChI is InChI=1S/C18H28N6O13P2/c1-7-13(26)11(23-8(2)25)9(35-7)3-33-38(29,30)37-39(31,32)34-4-10-14(27)15(28)18(36-10)24-6-22-12-16(19)20-5-21-17(12)24/h5-7,9-11,13-15,18,26-28H,3-4H2,1-2H3,(H,23,25)(H,29,30)(H,31,32)(H2,19,20,21)/t7?,9-,10-,11+,13?,14?,15?,18-/m1/s1. The summed E-state index contributed by atoms with van der Waals surface area (Å²) in [6.07, 6.45) is -6.39. The first kappa shape index (κ1) is 29.9. The number of phosphoric acid groups is 2. The van der Waals surface area contributed by atoms with Crippen LogP contribution in [0.4, 0.5) is 5.82 Å². The third kappa shape index (κ3) is 6.62. The van der Waals surface area contributed by atoms with Gasteiger partial charge in [0, 0.05) is 6.92 Å². The number of carbonyl (C=O) groups excluding carboxylic acids is 1. The molecule has 0 aliphatic carbocycles. The Hall–Kier alpha value is -2.12. The Labute approximate surface area is 220 Å². The number of nitrogens with zero attached hydrogens (tertiary/aromatic N) is 4. The summed E-state index contributed by atoms with van der Waals surface area (Å²) in [6, 6.07) is -0.981. The lowest BCUT2D eigenvalue weighted by Gasteiger charge is -2.22. The lowest BCUT2D eigenvalue weighted by Crippen LogP contribution is -2.47. The van der Waals surface area contributed by atoms with Gasteiger partial charge in [-0.3, -0.25) is 18.4 Å². The molecular weight excluding hydrogens is 570 g/mol. The maximum absolute atomic E-state index is 12.3. The molecule has 4 heterocycles. The van der Waals surface area contributed by atoms with Crippen molar-refractivity contribution in [2.24, 2.45) is 0 Å². The van der Waals surface area contributed by atoms with E-state index in [0.29, 0.717) is 0 Å². The number of ether oxygens (including phenoxy) is 2. The number of aliphatic hydroxyl groups is 3. The molecule has 2 fully saturated rings. The van der Waals surface area contributed by atoms with Gasteiger partial charge in [-0.25, -0.2) is 24.1 Å². The van der Waals surface area contributed by atoms with Gasteiger partial charge in [0.05, 0.1) is 31.7 Å². The van der Waals surface area contributed by atoms with Gasteiger partial charge in [0.2, 0.25) is 5.91 Å². The molecule has 21 heteroatoms. The number of carbonyl (C=O) groups is 1. The van der Waals surface area contributed by atoms with Crippen LogP contribution in [0.5, 0.6) is 0 Å². The highest BCUT2D eigenvalue weighted by Crippen LogP contribution is 2.60. The van der Waals surface area contributed by atoms with Crippen LogP contribution >= 0.6 is 15.6 Å². The lowest BCUT2D eigenvalue weighted by molar-refractivity contribution is -0.120. The molecule has 4 rings (SSSR count). The van der Waals surface area contributed by atoms with E-state index in [-0.39, 0.29) is 17.0 Å². The topological polar surface area (TPSA) is 280 Å². The molecule has 2 aliphatic heterocycles. The number of aromatic nitrogens is 4. The summed E-state index contributed by atoms with van der Waals surface area (Å²) in [5, 5.41) is 33.4. The Kier molecular flexibility index (Phi) is 8.73. The molecule has 8 N–H and O–H groups in total. The molecule has 0 saturated carbocycles. The minimum Gasteiger partial charge on any atom is -0.388 e. The second kappa shape index (κ2) is 11.4. The molecule has 218 valence electrons. The second-order valence-corrected chi connectivity index (χ2v) is 11.9.